The van der Waals surface area contributed by atoms with Gasteiger partial charge in [0.05, 0.1) is 18.8 Å². The molecule has 8 heteroatoms. The minimum Gasteiger partial charge on any atom is -0.493 e. The summed E-state index contributed by atoms with van der Waals surface area (Å²) in [6, 6.07) is 7.59. The number of carbonyl (C=O) groups excluding carboxylic acids is 1. The van der Waals surface area contributed by atoms with Gasteiger partial charge in [-0.1, -0.05) is 51.5 Å². The van der Waals surface area contributed by atoms with E-state index >= 15 is 0 Å². The van der Waals surface area contributed by atoms with Crippen molar-refractivity contribution < 1.29 is 9.90 Å². The number of aromatic amines is 1. The fraction of sp³-hybridized carbons (Fsp3) is 0.522. The number of hydrogen-bond acceptors (Lipinski definition) is 5. The van der Waals surface area contributed by atoms with Crippen molar-refractivity contribution in [1.82, 2.24) is 14.5 Å². The number of benzene rings is 1. The molecule has 0 spiro atoms. The van der Waals surface area contributed by atoms with E-state index in [1.54, 1.807) is 0 Å². The van der Waals surface area contributed by atoms with Gasteiger partial charge < -0.3 is 15.8 Å². The lowest BCUT2D eigenvalue weighted by Crippen LogP contribution is -2.43. The van der Waals surface area contributed by atoms with E-state index in [2.05, 4.69) is 30.7 Å². The fourth-order valence-corrected chi connectivity index (χ4v) is 4.14. The molecule has 1 unspecified atom stereocenters. The molecule has 0 aliphatic carbocycles. The molecule has 0 saturated carbocycles. The number of aromatic hydroxyl groups is 1. The molecule has 1 aliphatic rings. The molecule has 1 atom stereocenters. The Labute approximate surface area is 182 Å². The summed E-state index contributed by atoms with van der Waals surface area (Å²) in [7, 11) is 0. The molecule has 2 aromatic rings. The standard InChI is InChI=1S/C23H33N5O3/c1-5-6-7-18-19(29)27(22(31)25-18)13-16-8-10-17(11-9-16)14-28-20(30)23(4,12-15(2)3)26-21(28)24/h8-11,15,29H,5-7,12-14H2,1-4H3,(H2,24,26)(H,25,31). The maximum Gasteiger partial charge on any atom is 0.328 e. The van der Waals surface area contributed by atoms with Gasteiger partial charge in [-0.3, -0.25) is 14.3 Å². The molecule has 4 N–H and O–H groups in total. The zero-order valence-corrected chi connectivity index (χ0v) is 18.8. The van der Waals surface area contributed by atoms with Crippen LogP contribution in [0.4, 0.5) is 0 Å². The normalized spacial score (nSPS) is 18.8. The van der Waals surface area contributed by atoms with E-state index in [1.807, 2.05) is 31.2 Å². The molecule has 168 valence electrons. The van der Waals surface area contributed by atoms with Crippen LogP contribution in [0.2, 0.25) is 0 Å². The maximum atomic E-state index is 12.9. The predicted molar refractivity (Wildman–Crippen MR) is 121 cm³/mol. The molecule has 0 fully saturated rings. The highest BCUT2D eigenvalue weighted by atomic mass is 16.3. The van der Waals surface area contributed by atoms with E-state index in [-0.39, 0.29) is 30.0 Å². The van der Waals surface area contributed by atoms with E-state index in [0.717, 1.165) is 24.0 Å². The summed E-state index contributed by atoms with van der Waals surface area (Å²) in [4.78, 5) is 33.8. The average molecular weight is 428 g/mol. The van der Waals surface area contributed by atoms with Crippen LogP contribution in [-0.2, 0) is 24.3 Å². The number of aryl methyl sites for hydroxylation is 1. The van der Waals surface area contributed by atoms with E-state index in [4.69, 9.17) is 5.73 Å². The largest absolute Gasteiger partial charge is 0.493 e. The SMILES string of the molecule is CCCCc1[nH]c(=O)n(Cc2ccc(CN3C(=O)C(C)(CC(C)C)N=C3N)cc2)c1O. The van der Waals surface area contributed by atoms with Gasteiger partial charge in [0.25, 0.3) is 5.91 Å². The Kier molecular flexibility index (Phi) is 6.57. The number of nitrogens with two attached hydrogens (primary N) is 1. The highest BCUT2D eigenvalue weighted by Crippen LogP contribution is 2.29. The van der Waals surface area contributed by atoms with Gasteiger partial charge in [-0.05, 0) is 43.2 Å². The van der Waals surface area contributed by atoms with Gasteiger partial charge in [0.2, 0.25) is 5.88 Å². The minimum absolute atomic E-state index is 0.00128. The van der Waals surface area contributed by atoms with Crippen LogP contribution in [0.15, 0.2) is 34.1 Å². The molecule has 8 nitrogen and oxygen atoms in total. The molecule has 0 saturated heterocycles. The third kappa shape index (κ3) is 4.84. The van der Waals surface area contributed by atoms with Gasteiger partial charge in [-0.2, -0.15) is 0 Å². The van der Waals surface area contributed by atoms with E-state index < -0.39 is 5.54 Å². The van der Waals surface area contributed by atoms with E-state index in [9.17, 15) is 14.7 Å². The zero-order chi connectivity index (χ0) is 22.8. The highest BCUT2D eigenvalue weighted by molar-refractivity contribution is 6.06. The lowest BCUT2D eigenvalue weighted by Gasteiger charge is -2.23. The van der Waals surface area contributed by atoms with Crippen molar-refractivity contribution in [2.24, 2.45) is 16.6 Å². The Hall–Kier alpha value is -3.03. The first-order chi connectivity index (χ1) is 14.6. The number of nitrogens with zero attached hydrogens (tertiary/aromatic N) is 3. The summed E-state index contributed by atoms with van der Waals surface area (Å²) in [6.45, 7) is 8.64. The first kappa shape index (κ1) is 22.7. The van der Waals surface area contributed by atoms with Gasteiger partial charge in [0.1, 0.15) is 5.54 Å². The Bertz CT molecular complexity index is 1020. The molecule has 1 aliphatic heterocycles. The second-order valence-electron chi connectivity index (χ2n) is 8.97. The third-order valence-electron chi connectivity index (χ3n) is 5.66. The van der Waals surface area contributed by atoms with Gasteiger partial charge in [0, 0.05) is 0 Å². The summed E-state index contributed by atoms with van der Waals surface area (Å²) in [6.07, 6.45) is 3.18. The lowest BCUT2D eigenvalue weighted by molar-refractivity contribution is -0.131. The van der Waals surface area contributed by atoms with Crippen LogP contribution < -0.4 is 11.4 Å². The first-order valence-electron chi connectivity index (χ1n) is 10.9. The Morgan fingerprint density at radius 3 is 2.35 bits per heavy atom. The number of hydrogen-bond donors (Lipinski definition) is 3. The van der Waals surface area contributed by atoms with E-state index in [0.29, 0.717) is 31.0 Å². The van der Waals surface area contributed by atoms with Crippen molar-refractivity contribution in [1.29, 1.82) is 0 Å². The summed E-state index contributed by atoms with van der Waals surface area (Å²) < 4.78 is 1.34. The van der Waals surface area contributed by atoms with Crippen molar-refractivity contribution in [3.05, 3.63) is 51.6 Å². The van der Waals surface area contributed by atoms with E-state index in [1.165, 1.54) is 9.47 Å². The number of amides is 1. The topological polar surface area (TPSA) is 117 Å². The van der Waals surface area contributed by atoms with Crippen LogP contribution in [0.25, 0.3) is 0 Å². The van der Waals surface area contributed by atoms with Gasteiger partial charge >= 0.3 is 5.69 Å². The van der Waals surface area contributed by atoms with Crippen LogP contribution in [-0.4, -0.2) is 37.0 Å². The van der Waals surface area contributed by atoms with Crippen molar-refractivity contribution in [3.63, 3.8) is 0 Å². The van der Waals surface area contributed by atoms with Crippen LogP contribution in [0.1, 0.15) is 63.8 Å². The molecule has 31 heavy (non-hydrogen) atoms. The summed E-state index contributed by atoms with van der Waals surface area (Å²) >= 11 is 0. The quantitative estimate of drug-likeness (QED) is 0.570. The monoisotopic (exact) mass is 427 g/mol. The number of imidazole rings is 1. The number of H-pyrrole nitrogens is 1. The summed E-state index contributed by atoms with van der Waals surface area (Å²) in [5.41, 5.74) is 7.31. The number of aromatic nitrogens is 2. The lowest BCUT2D eigenvalue weighted by atomic mass is 9.91. The Morgan fingerprint density at radius 2 is 1.77 bits per heavy atom. The Balaban J connectivity index is 1.69. The molecular formula is C23H33N5O3. The van der Waals surface area contributed by atoms with Crippen LogP contribution in [0.3, 0.4) is 0 Å². The number of nitrogens with one attached hydrogen (secondary N) is 1. The smallest absolute Gasteiger partial charge is 0.328 e. The second-order valence-corrected chi connectivity index (χ2v) is 8.97. The number of aliphatic imine (C=N–C) groups is 1. The van der Waals surface area contributed by atoms with Crippen LogP contribution in [0, 0.1) is 5.92 Å². The molecule has 3 rings (SSSR count). The Morgan fingerprint density at radius 1 is 1.16 bits per heavy atom. The number of guanidine groups is 1. The van der Waals surface area contributed by atoms with Gasteiger partial charge in [0.15, 0.2) is 5.96 Å². The summed E-state index contributed by atoms with van der Waals surface area (Å²) in [5, 5.41) is 10.4. The third-order valence-corrected chi connectivity index (χ3v) is 5.66. The average Bonchev–Trinajstić information content (AvgIpc) is 3.08. The van der Waals surface area contributed by atoms with Crippen molar-refractivity contribution in [3.8, 4) is 5.88 Å². The molecule has 1 aromatic carbocycles. The zero-order valence-electron chi connectivity index (χ0n) is 18.8. The molecule has 0 bridgehead atoms. The molecule has 0 radical (unpaired) electrons. The van der Waals surface area contributed by atoms with Crippen molar-refractivity contribution in [2.75, 3.05) is 0 Å². The van der Waals surface area contributed by atoms with Crippen LogP contribution >= 0.6 is 0 Å². The molecule has 1 amide bonds. The van der Waals surface area contributed by atoms with Crippen LogP contribution in [0.5, 0.6) is 5.88 Å². The van der Waals surface area contributed by atoms with Gasteiger partial charge in [-0.15, -0.1) is 0 Å². The maximum absolute atomic E-state index is 12.9. The number of unbranched alkanes of at least 4 members (excludes halogenated alkanes) is 1. The molecular weight excluding hydrogens is 394 g/mol. The first-order valence-corrected chi connectivity index (χ1v) is 10.9. The van der Waals surface area contributed by atoms with Crippen molar-refractivity contribution in [2.45, 2.75) is 72.0 Å². The predicted octanol–water partition coefficient (Wildman–Crippen LogP) is 2.73. The van der Waals surface area contributed by atoms with Crippen molar-refractivity contribution >= 4 is 11.9 Å². The second kappa shape index (κ2) is 8.99. The van der Waals surface area contributed by atoms with Gasteiger partial charge in [-0.25, -0.2) is 9.79 Å². The molecule has 2 heterocycles. The number of carbonyl (C=O) groups is 1. The summed E-state index contributed by atoms with van der Waals surface area (Å²) in [5.74, 6) is 0.505. The fourth-order valence-electron chi connectivity index (χ4n) is 4.14. The molecule has 1 aromatic heterocycles. The minimum atomic E-state index is -0.805. The highest BCUT2D eigenvalue weighted by Gasteiger charge is 2.43. The number of rotatable bonds is 9.